The van der Waals surface area contributed by atoms with Crippen molar-refractivity contribution in [3.05, 3.63) is 111 Å². The minimum atomic E-state index is -4.72. The number of nitro benzene ring substituents is 1. The van der Waals surface area contributed by atoms with Crippen molar-refractivity contribution in [2.75, 3.05) is 80.8 Å². The van der Waals surface area contributed by atoms with Gasteiger partial charge in [0.05, 0.1) is 27.6 Å². The smallest absolute Gasteiger partial charge is 0.293 e. The number of alkyl halides is 1. The summed E-state index contributed by atoms with van der Waals surface area (Å²) in [6.07, 6.45) is 5.06. The van der Waals surface area contributed by atoms with Gasteiger partial charge >= 0.3 is 0 Å². The lowest BCUT2D eigenvalue weighted by atomic mass is 9.72. The van der Waals surface area contributed by atoms with Crippen molar-refractivity contribution in [1.82, 2.24) is 19.6 Å². The molecular formula is C49H56ClFN8O8S. The number of rotatable bonds is 12. The number of hydrogen-bond acceptors (Lipinski definition) is 13. The molecule has 2 fully saturated rings. The number of aromatic nitrogens is 2. The number of nitrogens with zero attached hydrogens (tertiary/aromatic N) is 5. The molecule has 5 aromatic rings. The molecule has 0 bridgehead atoms. The van der Waals surface area contributed by atoms with Gasteiger partial charge in [0.2, 0.25) is 5.88 Å². The van der Waals surface area contributed by atoms with E-state index < -0.39 is 42.7 Å². The van der Waals surface area contributed by atoms with Crippen LogP contribution in [0, 0.1) is 15.5 Å². The predicted molar refractivity (Wildman–Crippen MR) is 260 cm³/mol. The standard InChI is InChI=1S/C49H56ClFN8O8S/c1-47(2)14-12-34(39(27-47)32-4-6-35(50)7-5-32)28-56-18-20-57(21-19-56)36-8-10-38(41(25-36)58-30-48(3,61)31-67-46-43(58)24-33-13-17-52-44(33)54-46)45(60)55-68(64,65)37-9-11-40(42(26-37)59(62)63)53-29-49(51)15-22-66-23-16-49/h4-11,13,17,24-26,53,61H,12,14-16,18-23,27-31H2,1-3H3,(H,52,54)(H,55,60)/t48-/m1/s1. The molecule has 16 nitrogen and oxygen atoms in total. The SMILES string of the molecule is CC1(C)CCC(CN2CCN(c3ccc(C(=O)NS(=O)(=O)c4ccc(NCC5(F)CCOCC5)c([N+](=O)[O-])c4)c(N4C[C@@](C)(O)COc5nc6[nH]ccc6cc54)c3)CC2)=C(c2ccc(Cl)cc2)C1. The maximum atomic E-state index is 15.4. The first kappa shape index (κ1) is 47.3. The fourth-order valence-corrected chi connectivity index (χ4v) is 10.7. The van der Waals surface area contributed by atoms with E-state index in [4.69, 9.17) is 21.1 Å². The van der Waals surface area contributed by atoms with E-state index >= 15 is 4.39 Å². The molecule has 4 aliphatic rings. The number of halogens is 2. The molecule has 4 N–H and O–H groups in total. The monoisotopic (exact) mass is 970 g/mol. The van der Waals surface area contributed by atoms with Gasteiger partial charge in [-0.15, -0.1) is 0 Å². The van der Waals surface area contributed by atoms with Crippen molar-refractivity contribution in [3.63, 3.8) is 0 Å². The zero-order valence-electron chi connectivity index (χ0n) is 38.3. The highest BCUT2D eigenvalue weighted by Crippen LogP contribution is 2.45. The Morgan fingerprint density at radius 1 is 0.985 bits per heavy atom. The van der Waals surface area contributed by atoms with Crippen LogP contribution in [0.15, 0.2) is 89.5 Å². The zero-order valence-corrected chi connectivity index (χ0v) is 39.9. The highest BCUT2D eigenvalue weighted by molar-refractivity contribution is 7.90. The number of aliphatic hydroxyl groups is 1. The van der Waals surface area contributed by atoms with Crippen molar-refractivity contribution < 1.29 is 37.1 Å². The molecule has 2 saturated heterocycles. The number of β-amino-alcohol motifs (C(OH)–C–C–N with tert-alkyl or cyclic N) is 1. The van der Waals surface area contributed by atoms with Gasteiger partial charge in [0.25, 0.3) is 21.6 Å². The number of piperazine rings is 1. The van der Waals surface area contributed by atoms with Crippen molar-refractivity contribution in [1.29, 1.82) is 0 Å². The van der Waals surface area contributed by atoms with Crippen LogP contribution >= 0.6 is 11.6 Å². The summed E-state index contributed by atoms with van der Waals surface area (Å²) in [7, 11) is -4.72. The van der Waals surface area contributed by atoms with E-state index in [1.54, 1.807) is 30.2 Å². The van der Waals surface area contributed by atoms with Crippen LogP contribution in [-0.2, 0) is 14.8 Å². The van der Waals surface area contributed by atoms with Crippen LogP contribution in [0.25, 0.3) is 16.6 Å². The molecule has 0 radical (unpaired) electrons. The molecule has 0 spiro atoms. The van der Waals surface area contributed by atoms with Crippen LogP contribution in [0.5, 0.6) is 5.88 Å². The average molecular weight is 972 g/mol. The van der Waals surface area contributed by atoms with Crippen molar-refractivity contribution in [2.45, 2.75) is 69.0 Å². The molecule has 19 heteroatoms. The number of hydrogen-bond donors (Lipinski definition) is 4. The first-order valence-corrected chi connectivity index (χ1v) is 24.8. The summed E-state index contributed by atoms with van der Waals surface area (Å²) in [6.45, 7) is 9.99. The Bertz CT molecular complexity index is 2880. The summed E-state index contributed by atoms with van der Waals surface area (Å²) in [5.41, 5.74) is 2.45. The molecule has 68 heavy (non-hydrogen) atoms. The molecule has 1 amide bonds. The maximum absolute atomic E-state index is 15.4. The summed E-state index contributed by atoms with van der Waals surface area (Å²) in [6, 6.07) is 20.1. The molecule has 1 atom stereocenters. The molecule has 0 unspecified atom stereocenters. The Kier molecular flexibility index (Phi) is 12.9. The number of aromatic amines is 1. The predicted octanol–water partition coefficient (Wildman–Crippen LogP) is 8.24. The summed E-state index contributed by atoms with van der Waals surface area (Å²) in [5, 5.41) is 28.1. The zero-order chi connectivity index (χ0) is 48.0. The summed E-state index contributed by atoms with van der Waals surface area (Å²) < 4.78 is 56.8. The van der Waals surface area contributed by atoms with Gasteiger partial charge in [-0.25, -0.2) is 17.5 Å². The minimum Gasteiger partial charge on any atom is -0.473 e. The third-order valence-electron chi connectivity index (χ3n) is 13.5. The molecule has 5 heterocycles. The molecule has 1 aliphatic carbocycles. The van der Waals surface area contributed by atoms with Gasteiger partial charge in [0.1, 0.15) is 34.9 Å². The van der Waals surface area contributed by atoms with Gasteiger partial charge in [-0.05, 0) is 97.3 Å². The Hall–Kier alpha value is -5.79. The Balaban J connectivity index is 1.01. The van der Waals surface area contributed by atoms with Gasteiger partial charge in [-0.2, -0.15) is 4.98 Å². The molecular weight excluding hydrogens is 915 g/mol. The third kappa shape index (κ3) is 10.3. The van der Waals surface area contributed by atoms with Crippen LogP contribution in [-0.4, -0.2) is 116 Å². The molecule has 360 valence electrons. The number of carbonyl (C=O) groups is 1. The van der Waals surface area contributed by atoms with E-state index in [9.17, 15) is 28.4 Å². The third-order valence-corrected chi connectivity index (χ3v) is 15.1. The van der Waals surface area contributed by atoms with E-state index in [2.05, 4.69) is 55.8 Å². The van der Waals surface area contributed by atoms with Gasteiger partial charge in [-0.1, -0.05) is 43.2 Å². The quantitative estimate of drug-likeness (QED) is 0.0690. The number of nitrogens with one attached hydrogen (secondary N) is 3. The fraction of sp³-hybridized carbons (Fsp3) is 0.429. The van der Waals surface area contributed by atoms with E-state index in [1.165, 1.54) is 22.8 Å². The summed E-state index contributed by atoms with van der Waals surface area (Å²) in [4.78, 5) is 39.6. The topological polar surface area (TPSA) is 195 Å². The number of fused-ring (bicyclic) bond motifs is 2. The number of H-pyrrole nitrogens is 1. The second kappa shape index (κ2) is 18.6. The van der Waals surface area contributed by atoms with Gasteiger partial charge in [-0.3, -0.25) is 19.8 Å². The van der Waals surface area contributed by atoms with E-state index in [1.807, 2.05) is 30.3 Å². The number of pyridine rings is 1. The van der Waals surface area contributed by atoms with Crippen LogP contribution in [0.1, 0.15) is 68.8 Å². The average Bonchev–Trinajstić information content (AvgIpc) is 3.72. The number of allylic oxidation sites excluding steroid dienone is 1. The first-order valence-electron chi connectivity index (χ1n) is 22.9. The number of sulfonamides is 1. The van der Waals surface area contributed by atoms with E-state index in [-0.39, 0.29) is 74.0 Å². The lowest BCUT2D eigenvalue weighted by Gasteiger charge is -2.39. The molecule has 9 rings (SSSR count). The minimum absolute atomic E-state index is 0.0480. The summed E-state index contributed by atoms with van der Waals surface area (Å²) in [5.74, 6) is -0.812. The summed E-state index contributed by atoms with van der Waals surface area (Å²) >= 11 is 6.27. The molecule has 2 aromatic heterocycles. The second-order valence-electron chi connectivity index (χ2n) is 19.5. The Morgan fingerprint density at radius 2 is 1.74 bits per heavy atom. The van der Waals surface area contributed by atoms with E-state index in [0.717, 1.165) is 62.1 Å². The highest BCUT2D eigenvalue weighted by Gasteiger charge is 2.37. The van der Waals surface area contributed by atoms with Gasteiger partial charge < -0.3 is 34.7 Å². The highest BCUT2D eigenvalue weighted by atomic mass is 35.5. The number of ether oxygens (including phenoxy) is 2. The van der Waals surface area contributed by atoms with Crippen molar-refractivity contribution in [2.24, 2.45) is 5.41 Å². The largest absolute Gasteiger partial charge is 0.473 e. The molecule has 3 aromatic carbocycles. The Morgan fingerprint density at radius 3 is 2.47 bits per heavy atom. The van der Waals surface area contributed by atoms with Crippen LogP contribution in [0.4, 0.5) is 32.8 Å². The number of anilines is 4. The lowest BCUT2D eigenvalue weighted by molar-refractivity contribution is -0.384. The maximum Gasteiger partial charge on any atom is 0.293 e. The van der Waals surface area contributed by atoms with E-state index in [0.29, 0.717) is 29.4 Å². The van der Waals surface area contributed by atoms with Crippen LogP contribution in [0.2, 0.25) is 5.02 Å². The number of benzene rings is 3. The fourth-order valence-electron chi connectivity index (χ4n) is 9.58. The normalized spacial score (nSPS) is 20.9. The lowest BCUT2D eigenvalue weighted by Crippen LogP contribution is -2.47. The first-order chi connectivity index (χ1) is 32.3. The number of carbonyl (C=O) groups excluding carboxylic acids is 1. The second-order valence-corrected chi connectivity index (χ2v) is 21.6. The van der Waals surface area contributed by atoms with Crippen LogP contribution < -0.4 is 24.6 Å². The number of nitro groups is 1. The van der Waals surface area contributed by atoms with Crippen molar-refractivity contribution >= 4 is 72.6 Å². The number of amides is 1. The van der Waals surface area contributed by atoms with Gasteiger partial charge in [0, 0.05) is 93.7 Å². The van der Waals surface area contributed by atoms with Crippen LogP contribution in [0.3, 0.4) is 0 Å². The molecule has 0 saturated carbocycles. The van der Waals surface area contributed by atoms with Gasteiger partial charge in [0.15, 0.2) is 0 Å². The van der Waals surface area contributed by atoms with Crippen molar-refractivity contribution in [3.8, 4) is 5.88 Å². The Labute approximate surface area is 399 Å². The molecule has 3 aliphatic heterocycles.